The molecule has 1 aliphatic rings. The molecule has 0 aliphatic carbocycles. The van der Waals surface area contributed by atoms with Crippen molar-refractivity contribution in [1.29, 1.82) is 0 Å². The van der Waals surface area contributed by atoms with Gasteiger partial charge in [-0.05, 0) is 16.5 Å². The van der Waals surface area contributed by atoms with Crippen LogP contribution in [0.4, 0.5) is 5.69 Å². The predicted molar refractivity (Wildman–Crippen MR) is 60.6 cm³/mol. The van der Waals surface area contributed by atoms with Crippen LogP contribution in [0.5, 0.6) is 5.75 Å². The number of ether oxygens (including phenoxy) is 1. The quantitative estimate of drug-likeness (QED) is 0.586. The highest BCUT2D eigenvalue weighted by molar-refractivity contribution is 5.65. The largest absolute Gasteiger partial charge is 0.504 e. The van der Waals surface area contributed by atoms with Crippen LogP contribution in [0.3, 0.4) is 0 Å². The lowest BCUT2D eigenvalue weighted by Gasteiger charge is -2.22. The summed E-state index contributed by atoms with van der Waals surface area (Å²) in [7, 11) is 0. The molecule has 0 bridgehead atoms. The number of benzene rings is 1. The lowest BCUT2D eigenvalue weighted by molar-refractivity contribution is 0.358. The van der Waals surface area contributed by atoms with E-state index >= 15 is 0 Å². The van der Waals surface area contributed by atoms with Gasteiger partial charge < -0.3 is 4.74 Å². The average molecular weight is 201 g/mol. The predicted octanol–water partition coefficient (Wildman–Crippen LogP) is 3.47. The molecule has 0 amide bonds. The molecule has 0 fully saturated rings. The smallest absolute Gasteiger partial charge is 0.228 e. The molecule has 0 saturated carbocycles. The molecule has 78 valence electrons. The number of hydrogen-bond donors (Lipinski definition) is 0. The van der Waals surface area contributed by atoms with Gasteiger partial charge in [-0.3, -0.25) is 0 Å². The van der Waals surface area contributed by atoms with Crippen LogP contribution in [0.1, 0.15) is 31.9 Å². The monoisotopic (exact) mass is 201 g/mol. The summed E-state index contributed by atoms with van der Waals surface area (Å²) in [5.41, 5.74) is 3.31. The second-order valence-corrected chi connectivity index (χ2v) is 4.90. The van der Waals surface area contributed by atoms with Gasteiger partial charge in [0.1, 0.15) is 5.75 Å². The van der Waals surface area contributed by atoms with Gasteiger partial charge in [0, 0.05) is 6.42 Å². The van der Waals surface area contributed by atoms with Gasteiger partial charge >= 0.3 is 0 Å². The number of hydrogen-bond acceptors (Lipinski definition) is 1. The number of rotatable bonds is 0. The van der Waals surface area contributed by atoms with E-state index in [1.165, 1.54) is 11.1 Å². The van der Waals surface area contributed by atoms with E-state index in [0.717, 1.165) is 12.2 Å². The van der Waals surface area contributed by atoms with Crippen molar-refractivity contribution >= 4 is 5.69 Å². The Labute approximate surface area is 90.7 Å². The lowest BCUT2D eigenvalue weighted by atomic mass is 9.83. The summed E-state index contributed by atoms with van der Waals surface area (Å²) >= 11 is 0. The van der Waals surface area contributed by atoms with Crippen molar-refractivity contribution in [3.8, 4) is 5.75 Å². The lowest BCUT2D eigenvalue weighted by Crippen LogP contribution is -2.13. The maximum Gasteiger partial charge on any atom is 0.228 e. The topological polar surface area (TPSA) is 13.6 Å². The Hall–Kier alpha value is -1.49. The Balaban J connectivity index is 2.63. The molecule has 1 aliphatic heterocycles. The Bertz CT molecular complexity index is 435. The molecule has 0 radical (unpaired) electrons. The van der Waals surface area contributed by atoms with Gasteiger partial charge in [-0.25, -0.2) is 4.85 Å². The molecule has 0 spiro atoms. The fourth-order valence-electron chi connectivity index (χ4n) is 2.07. The van der Waals surface area contributed by atoms with Crippen LogP contribution in [0.15, 0.2) is 12.1 Å². The van der Waals surface area contributed by atoms with Crippen LogP contribution in [0.25, 0.3) is 4.85 Å². The molecule has 0 aromatic heterocycles. The maximum atomic E-state index is 7.08. The molecule has 0 atom stereocenters. The van der Waals surface area contributed by atoms with E-state index in [2.05, 4.69) is 31.7 Å². The molecule has 2 nitrogen and oxygen atoms in total. The van der Waals surface area contributed by atoms with Gasteiger partial charge in [0.05, 0.1) is 13.2 Å². The summed E-state index contributed by atoms with van der Waals surface area (Å²) in [6, 6.07) is 3.94. The molecule has 1 aromatic carbocycles. The molecule has 0 unspecified atom stereocenters. The minimum atomic E-state index is 0.123. The van der Waals surface area contributed by atoms with Crippen LogP contribution in [-0.2, 0) is 11.8 Å². The van der Waals surface area contributed by atoms with E-state index in [4.69, 9.17) is 11.3 Å². The summed E-state index contributed by atoms with van der Waals surface area (Å²) in [6.07, 6.45) is 0.936. The zero-order chi connectivity index (χ0) is 11.1. The highest BCUT2D eigenvalue weighted by Crippen LogP contribution is 2.41. The third-order valence-corrected chi connectivity index (χ3v) is 2.77. The average Bonchev–Trinajstić information content (AvgIpc) is 2.62. The van der Waals surface area contributed by atoms with E-state index in [1.54, 1.807) is 0 Å². The molecule has 2 rings (SSSR count). The second kappa shape index (κ2) is 3.27. The van der Waals surface area contributed by atoms with Crippen molar-refractivity contribution in [2.24, 2.45) is 0 Å². The van der Waals surface area contributed by atoms with Crippen molar-refractivity contribution < 1.29 is 4.74 Å². The van der Waals surface area contributed by atoms with Gasteiger partial charge in [0.15, 0.2) is 0 Å². The molecular formula is C13H15NO. The van der Waals surface area contributed by atoms with Gasteiger partial charge in [-0.1, -0.05) is 32.9 Å². The molecule has 1 heterocycles. The summed E-state index contributed by atoms with van der Waals surface area (Å²) in [4.78, 5) is 3.49. The molecule has 1 aromatic rings. The van der Waals surface area contributed by atoms with E-state index in [0.29, 0.717) is 12.3 Å². The Morgan fingerprint density at radius 3 is 2.67 bits per heavy atom. The van der Waals surface area contributed by atoms with Crippen LogP contribution in [0, 0.1) is 6.57 Å². The summed E-state index contributed by atoms with van der Waals surface area (Å²) in [5, 5.41) is 0. The van der Waals surface area contributed by atoms with Crippen molar-refractivity contribution in [3.05, 3.63) is 34.7 Å². The first-order valence-corrected chi connectivity index (χ1v) is 5.20. The fourth-order valence-corrected chi connectivity index (χ4v) is 2.07. The van der Waals surface area contributed by atoms with Crippen molar-refractivity contribution in [3.63, 3.8) is 0 Å². The first-order valence-electron chi connectivity index (χ1n) is 5.20. The van der Waals surface area contributed by atoms with E-state index < -0.39 is 0 Å². The highest BCUT2D eigenvalue weighted by Gasteiger charge is 2.25. The Morgan fingerprint density at radius 2 is 2.07 bits per heavy atom. The molecule has 0 saturated heterocycles. The van der Waals surface area contributed by atoms with Crippen LogP contribution in [0.2, 0.25) is 0 Å². The maximum absolute atomic E-state index is 7.08. The van der Waals surface area contributed by atoms with Crippen LogP contribution in [-0.4, -0.2) is 6.61 Å². The molecular weight excluding hydrogens is 186 g/mol. The third kappa shape index (κ3) is 1.59. The van der Waals surface area contributed by atoms with Crippen molar-refractivity contribution in [2.75, 3.05) is 6.61 Å². The first kappa shape index (κ1) is 10.0. The minimum Gasteiger partial charge on any atom is -0.504 e. The van der Waals surface area contributed by atoms with Gasteiger partial charge in [0.25, 0.3) is 0 Å². The van der Waals surface area contributed by atoms with E-state index in [-0.39, 0.29) is 5.41 Å². The van der Waals surface area contributed by atoms with Gasteiger partial charge in [-0.2, -0.15) is 0 Å². The van der Waals surface area contributed by atoms with E-state index in [1.807, 2.05) is 6.07 Å². The summed E-state index contributed by atoms with van der Waals surface area (Å²) < 4.78 is 5.54. The van der Waals surface area contributed by atoms with Crippen LogP contribution < -0.4 is 4.74 Å². The zero-order valence-corrected chi connectivity index (χ0v) is 9.42. The Morgan fingerprint density at radius 1 is 1.33 bits per heavy atom. The molecule has 15 heavy (non-hydrogen) atoms. The number of nitrogens with zero attached hydrogens (tertiary/aromatic N) is 1. The fraction of sp³-hybridized carbons (Fsp3) is 0.462. The molecule has 2 heteroatoms. The van der Waals surface area contributed by atoms with E-state index in [9.17, 15) is 0 Å². The number of fused-ring (bicyclic) bond motifs is 1. The Kier molecular flexibility index (Phi) is 2.19. The normalized spacial score (nSPS) is 14.3. The van der Waals surface area contributed by atoms with Gasteiger partial charge in [-0.15, -0.1) is 0 Å². The standard InChI is InChI=1S/C13H15NO/c1-13(2,3)10-5-6-11(14-4)12-9(10)7-8-15-12/h5-6H,7-8H2,1-3H3. The molecule has 0 N–H and O–H groups in total. The van der Waals surface area contributed by atoms with Crippen molar-refractivity contribution in [1.82, 2.24) is 0 Å². The van der Waals surface area contributed by atoms with Crippen LogP contribution >= 0.6 is 0 Å². The third-order valence-electron chi connectivity index (χ3n) is 2.77. The highest BCUT2D eigenvalue weighted by atomic mass is 16.5. The second-order valence-electron chi connectivity index (χ2n) is 4.90. The SMILES string of the molecule is [C-]#[N+]c1ccc(C(C)(C)C)c2c1OCC2. The summed E-state index contributed by atoms with van der Waals surface area (Å²) in [6.45, 7) is 14.4. The summed E-state index contributed by atoms with van der Waals surface area (Å²) in [5.74, 6) is 0.817. The first-order chi connectivity index (χ1) is 7.04. The zero-order valence-electron chi connectivity index (χ0n) is 9.42. The van der Waals surface area contributed by atoms with Gasteiger partial charge in [0.2, 0.25) is 5.69 Å². The van der Waals surface area contributed by atoms with Crippen molar-refractivity contribution in [2.45, 2.75) is 32.6 Å². The minimum absolute atomic E-state index is 0.123.